The van der Waals surface area contributed by atoms with E-state index in [-0.39, 0.29) is 52.9 Å². The first-order valence-corrected chi connectivity index (χ1v) is 18.7. The van der Waals surface area contributed by atoms with Gasteiger partial charge >= 0.3 is 11.6 Å². The van der Waals surface area contributed by atoms with Gasteiger partial charge in [-0.15, -0.1) is 0 Å². The molecule has 0 saturated carbocycles. The van der Waals surface area contributed by atoms with Crippen molar-refractivity contribution in [3.8, 4) is 0 Å². The fraction of sp³-hybridized carbons (Fsp3) is 0.333. The van der Waals surface area contributed by atoms with Crippen LogP contribution in [0.25, 0.3) is 27.5 Å². The van der Waals surface area contributed by atoms with Crippen molar-refractivity contribution in [3.63, 3.8) is 0 Å². The molecule has 0 spiro atoms. The molecular formula is C36H38ClN5O7P+. The van der Waals surface area contributed by atoms with Crippen LogP contribution in [0.3, 0.4) is 0 Å². The normalized spacial score (nSPS) is 15.4. The Hall–Kier alpha value is -4.48. The van der Waals surface area contributed by atoms with Crippen LogP contribution < -0.4 is 11.1 Å². The van der Waals surface area contributed by atoms with E-state index in [0.29, 0.717) is 48.2 Å². The number of aryl methyl sites for hydroxylation is 1. The van der Waals surface area contributed by atoms with Gasteiger partial charge in [0.25, 0.3) is 7.49 Å². The largest absolute Gasteiger partial charge is 0.398 e. The van der Waals surface area contributed by atoms with Gasteiger partial charge in [0.1, 0.15) is 30.3 Å². The number of ketones is 2. The van der Waals surface area contributed by atoms with Gasteiger partial charge in [-0.25, -0.2) is 19.6 Å². The molecule has 1 aliphatic carbocycles. The van der Waals surface area contributed by atoms with E-state index in [4.69, 9.17) is 36.3 Å². The SMILES string of the molecule is CCOCc1nc2c(N)nc3ccccc3c2n1CC(C)(C)OCCNC(=O)[P+]1(OC(=O)c2cc(C)cc(C3=CC(=O)C=CC3=O)c2Cl)CC1. The summed E-state index contributed by atoms with van der Waals surface area (Å²) in [5, 5.41) is 3.79. The molecular weight excluding hydrogens is 681 g/mol. The van der Waals surface area contributed by atoms with Gasteiger partial charge in [0, 0.05) is 29.7 Å². The Morgan fingerprint density at radius 2 is 1.88 bits per heavy atom. The number of nitrogens with one attached hydrogen (secondary N) is 1. The maximum atomic E-state index is 13.4. The number of hydrogen-bond donors (Lipinski definition) is 2. The van der Waals surface area contributed by atoms with Crippen LogP contribution in [-0.2, 0) is 36.7 Å². The maximum absolute atomic E-state index is 13.4. The van der Waals surface area contributed by atoms with Crippen LogP contribution in [-0.4, -0.2) is 75.4 Å². The number of aromatic nitrogens is 3. The van der Waals surface area contributed by atoms with Gasteiger partial charge in [0.2, 0.25) is 0 Å². The topological polar surface area (TPSA) is 165 Å². The number of para-hydroxylation sites is 1. The quantitative estimate of drug-likeness (QED) is 0.0943. The van der Waals surface area contributed by atoms with Crippen LogP contribution >= 0.6 is 19.1 Å². The number of imidazole rings is 1. The first-order chi connectivity index (χ1) is 23.8. The Labute approximate surface area is 294 Å². The number of hydrogen-bond acceptors (Lipinski definition) is 10. The van der Waals surface area contributed by atoms with Gasteiger partial charge in [-0.1, -0.05) is 29.8 Å². The number of carbonyl (C=O) groups is 4. The standard InChI is InChI=1S/C36H37ClN5O7P/c1-5-47-19-29-41-31-32(23-8-6-7-9-27(23)40-33(31)38)42(29)20-36(3,4)48-13-12-39-35(46)50(14-15-50)49-34(45)26-17-21(2)16-25(30(26)37)24-18-22(43)10-11-28(24)44/h6-11,16-18H,5,12-15,19-20H2,1-4H3,(H2-,38,39,40,46)/p+1. The third kappa shape index (κ3) is 7.20. The van der Waals surface area contributed by atoms with E-state index in [0.717, 1.165) is 16.4 Å². The summed E-state index contributed by atoms with van der Waals surface area (Å²) >= 11 is 6.59. The Morgan fingerprint density at radius 1 is 1.12 bits per heavy atom. The molecule has 14 heteroatoms. The minimum atomic E-state index is -2.71. The highest BCUT2D eigenvalue weighted by Gasteiger charge is 2.66. The van der Waals surface area contributed by atoms with Gasteiger partial charge in [-0.2, -0.15) is 0 Å². The molecule has 6 rings (SSSR count). The molecule has 0 atom stereocenters. The molecule has 2 aromatic heterocycles. The Kier molecular flexibility index (Phi) is 9.92. The lowest BCUT2D eigenvalue weighted by molar-refractivity contribution is -0.113. The highest BCUT2D eigenvalue weighted by atomic mass is 35.5. The second-order valence-corrected chi connectivity index (χ2v) is 16.5. The Balaban J connectivity index is 1.10. The fourth-order valence-electron chi connectivity index (χ4n) is 5.90. The summed E-state index contributed by atoms with van der Waals surface area (Å²) in [6, 6.07) is 10.9. The smallest absolute Gasteiger partial charge is 0.382 e. The summed E-state index contributed by atoms with van der Waals surface area (Å²) in [5.41, 5.74) is 8.55. The van der Waals surface area contributed by atoms with Gasteiger partial charge in [0.15, 0.2) is 17.4 Å². The van der Waals surface area contributed by atoms with Gasteiger partial charge in [-0.05, 0) is 69.7 Å². The number of nitrogens with zero attached hydrogens (tertiary/aromatic N) is 3. The van der Waals surface area contributed by atoms with Crippen LogP contribution in [0.5, 0.6) is 0 Å². The zero-order chi connectivity index (χ0) is 35.8. The third-order valence-corrected chi connectivity index (χ3v) is 11.6. The number of halogens is 1. The Bertz CT molecular complexity index is 2120. The molecule has 0 radical (unpaired) electrons. The molecule has 2 aromatic carbocycles. The van der Waals surface area contributed by atoms with Gasteiger partial charge < -0.3 is 25.1 Å². The minimum absolute atomic E-state index is 0.0126. The van der Waals surface area contributed by atoms with E-state index >= 15 is 0 Å². The van der Waals surface area contributed by atoms with Crippen molar-refractivity contribution in [3.05, 3.63) is 82.2 Å². The molecule has 1 aliphatic heterocycles. The zero-order valence-electron chi connectivity index (χ0n) is 28.2. The van der Waals surface area contributed by atoms with Crippen LogP contribution in [0, 0.1) is 6.92 Å². The van der Waals surface area contributed by atoms with Crippen molar-refractivity contribution >= 4 is 75.6 Å². The number of nitrogen functional groups attached to an aromatic ring is 1. The van der Waals surface area contributed by atoms with Crippen molar-refractivity contribution in [2.24, 2.45) is 0 Å². The van der Waals surface area contributed by atoms with Crippen LogP contribution in [0.2, 0.25) is 5.02 Å². The highest BCUT2D eigenvalue weighted by Crippen LogP contribution is 2.73. The van der Waals surface area contributed by atoms with E-state index in [9.17, 15) is 19.2 Å². The lowest BCUT2D eigenvalue weighted by Gasteiger charge is -2.27. The van der Waals surface area contributed by atoms with Crippen LogP contribution in [0.1, 0.15) is 48.1 Å². The van der Waals surface area contributed by atoms with Crippen molar-refractivity contribution < 1.29 is 33.2 Å². The van der Waals surface area contributed by atoms with E-state index in [1.807, 2.05) is 45.0 Å². The van der Waals surface area contributed by atoms with E-state index in [2.05, 4.69) is 14.9 Å². The second-order valence-electron chi connectivity index (χ2n) is 12.9. The first-order valence-electron chi connectivity index (χ1n) is 16.3. The molecule has 50 heavy (non-hydrogen) atoms. The number of ether oxygens (including phenoxy) is 2. The number of pyridine rings is 1. The average molecular weight is 719 g/mol. The summed E-state index contributed by atoms with van der Waals surface area (Å²) in [6.45, 7) is 9.21. The number of nitrogens with two attached hydrogens (primary N) is 1. The molecule has 1 fully saturated rings. The monoisotopic (exact) mass is 718 g/mol. The fourth-order valence-corrected chi connectivity index (χ4v) is 8.40. The number of allylic oxidation sites excluding steroid dienone is 4. The lowest BCUT2D eigenvalue weighted by Crippen LogP contribution is -2.35. The van der Waals surface area contributed by atoms with Gasteiger partial charge in [0.05, 0.1) is 40.4 Å². The lowest BCUT2D eigenvalue weighted by atomic mass is 9.93. The molecule has 4 aromatic rings. The molecule has 0 unspecified atom stereocenters. The number of benzene rings is 2. The first kappa shape index (κ1) is 35.3. The predicted molar refractivity (Wildman–Crippen MR) is 194 cm³/mol. The molecule has 3 heterocycles. The van der Waals surface area contributed by atoms with Crippen LogP contribution in [0.4, 0.5) is 10.6 Å². The number of amides is 1. The number of carbonyl (C=O) groups excluding carboxylic acids is 4. The summed E-state index contributed by atoms with van der Waals surface area (Å²) in [4.78, 5) is 60.4. The second kappa shape index (κ2) is 14.0. The zero-order valence-corrected chi connectivity index (χ0v) is 29.9. The Morgan fingerprint density at radius 3 is 2.62 bits per heavy atom. The minimum Gasteiger partial charge on any atom is -0.382 e. The number of anilines is 1. The molecule has 1 amide bonds. The maximum Gasteiger partial charge on any atom is 0.398 e. The molecule has 260 valence electrons. The average Bonchev–Trinajstić information content (AvgIpc) is 3.78. The van der Waals surface area contributed by atoms with E-state index in [1.165, 1.54) is 18.2 Å². The predicted octanol–water partition coefficient (Wildman–Crippen LogP) is 6.06. The highest BCUT2D eigenvalue weighted by molar-refractivity contribution is 7.93. The van der Waals surface area contributed by atoms with Crippen molar-refractivity contribution in [1.82, 2.24) is 19.9 Å². The number of fused-ring (bicyclic) bond motifs is 3. The molecule has 2 aliphatic rings. The molecule has 3 N–H and O–H groups in total. The van der Waals surface area contributed by atoms with Gasteiger partial charge in [-0.3, -0.25) is 14.1 Å². The molecule has 1 saturated heterocycles. The van der Waals surface area contributed by atoms with Crippen molar-refractivity contribution in [2.45, 2.75) is 46.4 Å². The van der Waals surface area contributed by atoms with Crippen LogP contribution in [0.15, 0.2) is 54.6 Å². The van der Waals surface area contributed by atoms with E-state index in [1.54, 1.807) is 19.1 Å². The third-order valence-electron chi connectivity index (χ3n) is 8.47. The summed E-state index contributed by atoms with van der Waals surface area (Å²) in [7, 11) is -2.71. The van der Waals surface area contributed by atoms with E-state index < -0.39 is 24.8 Å². The van der Waals surface area contributed by atoms with Crippen molar-refractivity contribution in [1.29, 1.82) is 0 Å². The number of rotatable bonds is 13. The summed E-state index contributed by atoms with van der Waals surface area (Å²) in [6.07, 6.45) is 4.45. The molecule has 0 bridgehead atoms. The molecule has 12 nitrogen and oxygen atoms in total. The summed E-state index contributed by atoms with van der Waals surface area (Å²) < 4.78 is 19.9. The summed E-state index contributed by atoms with van der Waals surface area (Å²) in [5.74, 6) is -0.460. The van der Waals surface area contributed by atoms with Crippen molar-refractivity contribution in [2.75, 3.05) is 37.8 Å².